The predicted octanol–water partition coefficient (Wildman–Crippen LogP) is 2.13. The maximum absolute atomic E-state index is 6.14. The second kappa shape index (κ2) is 4.26. The van der Waals surface area contributed by atoms with Crippen molar-refractivity contribution < 1.29 is 9.47 Å². The van der Waals surface area contributed by atoms with E-state index in [1.54, 1.807) is 0 Å². The Morgan fingerprint density at radius 3 is 2.22 bits per heavy atom. The lowest BCUT2D eigenvalue weighted by Crippen LogP contribution is -2.22. The summed E-state index contributed by atoms with van der Waals surface area (Å²) in [5, 5.41) is 0. The van der Waals surface area contributed by atoms with Crippen molar-refractivity contribution in [3.05, 3.63) is 12.1 Å². The minimum absolute atomic E-state index is 0.601. The van der Waals surface area contributed by atoms with Crippen molar-refractivity contribution >= 4 is 11.4 Å². The lowest BCUT2D eigenvalue weighted by atomic mass is 10.0. The Bertz CT molecular complexity index is 451. The van der Waals surface area contributed by atoms with Gasteiger partial charge >= 0.3 is 0 Å². The van der Waals surface area contributed by atoms with Gasteiger partial charge in [-0.1, -0.05) is 13.8 Å². The van der Waals surface area contributed by atoms with Crippen LogP contribution in [0, 0.1) is 11.8 Å². The van der Waals surface area contributed by atoms with Crippen molar-refractivity contribution in [2.45, 2.75) is 13.8 Å². The van der Waals surface area contributed by atoms with Gasteiger partial charge in [-0.2, -0.15) is 0 Å². The van der Waals surface area contributed by atoms with E-state index in [4.69, 9.17) is 15.2 Å². The van der Waals surface area contributed by atoms with Crippen LogP contribution >= 0.6 is 0 Å². The highest BCUT2D eigenvalue weighted by Gasteiger charge is 2.28. The zero-order valence-electron chi connectivity index (χ0n) is 11.0. The molecule has 0 radical (unpaired) electrons. The monoisotopic (exact) mass is 248 g/mol. The largest absolute Gasteiger partial charge is 0.486 e. The third kappa shape index (κ3) is 1.85. The highest BCUT2D eigenvalue weighted by Crippen LogP contribution is 2.40. The molecule has 2 unspecified atom stereocenters. The number of hydrogen-bond donors (Lipinski definition) is 1. The topological polar surface area (TPSA) is 47.7 Å². The van der Waals surface area contributed by atoms with Gasteiger partial charge in [0.15, 0.2) is 11.5 Å². The molecule has 1 fully saturated rings. The molecular formula is C14H20N2O2. The summed E-state index contributed by atoms with van der Waals surface area (Å²) in [5.41, 5.74) is 8.00. The quantitative estimate of drug-likeness (QED) is 0.773. The van der Waals surface area contributed by atoms with Gasteiger partial charge in [0.2, 0.25) is 0 Å². The summed E-state index contributed by atoms with van der Waals surface area (Å²) < 4.78 is 11.2. The maximum atomic E-state index is 6.14. The summed E-state index contributed by atoms with van der Waals surface area (Å²) in [6.07, 6.45) is 0. The Hall–Kier alpha value is -1.58. The lowest BCUT2D eigenvalue weighted by Gasteiger charge is -2.25. The SMILES string of the molecule is CC1CN(c2cc3c(cc2N)OCCO3)CC1C. The van der Waals surface area contributed by atoms with Crippen LogP contribution in [0.25, 0.3) is 0 Å². The summed E-state index contributed by atoms with van der Waals surface area (Å²) in [6.45, 7) is 7.92. The van der Waals surface area contributed by atoms with Gasteiger partial charge in [-0.15, -0.1) is 0 Å². The second-order valence-corrected chi connectivity index (χ2v) is 5.41. The fourth-order valence-electron chi connectivity index (χ4n) is 2.69. The van der Waals surface area contributed by atoms with Crippen LogP contribution in [0.4, 0.5) is 11.4 Å². The second-order valence-electron chi connectivity index (χ2n) is 5.41. The van der Waals surface area contributed by atoms with Crippen LogP contribution in [0.3, 0.4) is 0 Å². The van der Waals surface area contributed by atoms with Crippen LogP contribution in [0.1, 0.15) is 13.8 Å². The molecule has 2 N–H and O–H groups in total. The van der Waals surface area contributed by atoms with Crippen LogP contribution in [0.5, 0.6) is 11.5 Å². The van der Waals surface area contributed by atoms with Crippen LogP contribution < -0.4 is 20.1 Å². The number of rotatable bonds is 1. The minimum Gasteiger partial charge on any atom is -0.486 e. The summed E-state index contributed by atoms with van der Waals surface area (Å²) >= 11 is 0. The number of benzene rings is 1. The molecule has 0 spiro atoms. The number of ether oxygens (including phenoxy) is 2. The molecule has 1 aromatic rings. The van der Waals surface area contributed by atoms with E-state index in [1.807, 2.05) is 12.1 Å². The Morgan fingerprint density at radius 2 is 1.61 bits per heavy atom. The maximum Gasteiger partial charge on any atom is 0.163 e. The van der Waals surface area contributed by atoms with Crippen LogP contribution in [0.15, 0.2) is 12.1 Å². The molecule has 2 atom stereocenters. The first-order valence-electron chi connectivity index (χ1n) is 6.59. The molecule has 0 aliphatic carbocycles. The van der Waals surface area contributed by atoms with Crippen LogP contribution in [0.2, 0.25) is 0 Å². The van der Waals surface area contributed by atoms with Crippen molar-refractivity contribution in [3.63, 3.8) is 0 Å². The fraction of sp³-hybridized carbons (Fsp3) is 0.571. The number of hydrogen-bond acceptors (Lipinski definition) is 4. The Labute approximate surface area is 108 Å². The lowest BCUT2D eigenvalue weighted by molar-refractivity contribution is 0.172. The van der Waals surface area contributed by atoms with Gasteiger partial charge in [-0.05, 0) is 11.8 Å². The molecule has 18 heavy (non-hydrogen) atoms. The smallest absolute Gasteiger partial charge is 0.163 e. The van der Waals surface area contributed by atoms with E-state index in [9.17, 15) is 0 Å². The number of nitrogen functional groups attached to an aromatic ring is 1. The molecule has 0 bridgehead atoms. The number of anilines is 2. The van der Waals surface area contributed by atoms with E-state index in [-0.39, 0.29) is 0 Å². The summed E-state index contributed by atoms with van der Waals surface area (Å²) in [6, 6.07) is 3.91. The normalized spacial score (nSPS) is 26.4. The Kier molecular flexibility index (Phi) is 2.73. The number of nitrogens with two attached hydrogens (primary N) is 1. The van der Waals surface area contributed by atoms with Crippen molar-refractivity contribution in [1.82, 2.24) is 0 Å². The minimum atomic E-state index is 0.601. The first-order chi connectivity index (χ1) is 8.65. The van der Waals surface area contributed by atoms with E-state index in [2.05, 4.69) is 18.7 Å². The first kappa shape index (κ1) is 11.5. The molecule has 1 aromatic carbocycles. The van der Waals surface area contributed by atoms with E-state index in [0.717, 1.165) is 36.0 Å². The standard InChI is InChI=1S/C14H20N2O2/c1-9-7-16(8-10(9)2)12-6-14-13(5-11(12)15)17-3-4-18-14/h5-6,9-10H,3-4,7-8,15H2,1-2H3. The fourth-order valence-corrected chi connectivity index (χ4v) is 2.69. The van der Waals surface area contributed by atoms with Gasteiger partial charge in [0.1, 0.15) is 13.2 Å². The van der Waals surface area contributed by atoms with Gasteiger partial charge in [0, 0.05) is 25.2 Å². The van der Waals surface area contributed by atoms with Gasteiger partial charge in [-0.3, -0.25) is 0 Å². The molecule has 2 aliphatic heterocycles. The van der Waals surface area contributed by atoms with E-state index in [0.29, 0.717) is 25.0 Å². The molecule has 98 valence electrons. The molecule has 0 amide bonds. The van der Waals surface area contributed by atoms with Crippen molar-refractivity contribution in [2.75, 3.05) is 36.9 Å². The Morgan fingerprint density at radius 1 is 1.06 bits per heavy atom. The number of fused-ring (bicyclic) bond motifs is 1. The van der Waals surface area contributed by atoms with E-state index in [1.165, 1.54) is 0 Å². The molecule has 2 aliphatic rings. The van der Waals surface area contributed by atoms with E-state index >= 15 is 0 Å². The van der Waals surface area contributed by atoms with Gasteiger partial charge in [-0.25, -0.2) is 0 Å². The molecule has 2 heterocycles. The van der Waals surface area contributed by atoms with Crippen molar-refractivity contribution in [1.29, 1.82) is 0 Å². The first-order valence-corrected chi connectivity index (χ1v) is 6.59. The Balaban J connectivity index is 1.92. The highest BCUT2D eigenvalue weighted by atomic mass is 16.6. The van der Waals surface area contributed by atoms with E-state index < -0.39 is 0 Å². The number of nitrogens with zero attached hydrogens (tertiary/aromatic N) is 1. The average molecular weight is 248 g/mol. The van der Waals surface area contributed by atoms with Gasteiger partial charge in [0.05, 0.1) is 11.4 Å². The van der Waals surface area contributed by atoms with Gasteiger partial charge in [0.25, 0.3) is 0 Å². The molecule has 4 heteroatoms. The van der Waals surface area contributed by atoms with Crippen LogP contribution in [-0.4, -0.2) is 26.3 Å². The molecule has 0 aromatic heterocycles. The van der Waals surface area contributed by atoms with Crippen molar-refractivity contribution in [3.8, 4) is 11.5 Å². The molecule has 4 nitrogen and oxygen atoms in total. The van der Waals surface area contributed by atoms with Crippen molar-refractivity contribution in [2.24, 2.45) is 11.8 Å². The third-order valence-electron chi connectivity index (χ3n) is 4.02. The van der Waals surface area contributed by atoms with Gasteiger partial charge < -0.3 is 20.1 Å². The zero-order chi connectivity index (χ0) is 12.7. The average Bonchev–Trinajstić information content (AvgIpc) is 2.68. The van der Waals surface area contributed by atoms with Crippen LogP contribution in [-0.2, 0) is 0 Å². The highest BCUT2D eigenvalue weighted by molar-refractivity contribution is 5.73. The molecule has 0 saturated carbocycles. The third-order valence-corrected chi connectivity index (χ3v) is 4.02. The molecule has 1 saturated heterocycles. The summed E-state index contributed by atoms with van der Waals surface area (Å²) in [4.78, 5) is 2.35. The summed E-state index contributed by atoms with van der Waals surface area (Å²) in [7, 11) is 0. The zero-order valence-corrected chi connectivity index (χ0v) is 11.0. The molecule has 3 rings (SSSR count). The molecular weight excluding hydrogens is 228 g/mol. The predicted molar refractivity (Wildman–Crippen MR) is 72.4 cm³/mol. The summed E-state index contributed by atoms with van der Waals surface area (Å²) in [5.74, 6) is 3.00.